The molecular formula is C21H25Cl2N5O. The SMILES string of the molecule is CCCN1CCN(C(=O)C2=C(C)Nc3ccnn3C2c2ccc(Cl)c(Cl)c2)CC1. The first-order chi connectivity index (χ1) is 14.0. The molecule has 2 aliphatic rings. The topological polar surface area (TPSA) is 53.4 Å². The lowest BCUT2D eigenvalue weighted by Gasteiger charge is -2.37. The van der Waals surface area contributed by atoms with Crippen LogP contribution >= 0.6 is 23.2 Å². The van der Waals surface area contributed by atoms with Gasteiger partial charge in [0.25, 0.3) is 5.91 Å². The Morgan fingerprint density at radius 2 is 1.93 bits per heavy atom. The van der Waals surface area contributed by atoms with E-state index in [0.29, 0.717) is 15.6 Å². The van der Waals surface area contributed by atoms with Gasteiger partial charge in [0, 0.05) is 37.9 Å². The predicted molar refractivity (Wildman–Crippen MR) is 116 cm³/mol. The van der Waals surface area contributed by atoms with Crippen molar-refractivity contribution in [2.45, 2.75) is 26.3 Å². The van der Waals surface area contributed by atoms with Gasteiger partial charge in [0.05, 0.1) is 21.8 Å². The van der Waals surface area contributed by atoms with E-state index < -0.39 is 0 Å². The summed E-state index contributed by atoms with van der Waals surface area (Å²) in [6.45, 7) is 8.48. The molecule has 1 aromatic carbocycles. The van der Waals surface area contributed by atoms with E-state index >= 15 is 0 Å². The third-order valence-corrected chi connectivity index (χ3v) is 6.34. The molecule has 154 valence electrons. The number of allylic oxidation sites excluding steroid dienone is 1. The maximum Gasteiger partial charge on any atom is 0.254 e. The van der Waals surface area contributed by atoms with E-state index in [2.05, 4.69) is 22.2 Å². The maximum absolute atomic E-state index is 13.6. The van der Waals surface area contributed by atoms with Gasteiger partial charge in [-0.25, -0.2) is 4.68 Å². The van der Waals surface area contributed by atoms with Crippen LogP contribution < -0.4 is 5.32 Å². The fraction of sp³-hybridized carbons (Fsp3) is 0.429. The lowest BCUT2D eigenvalue weighted by molar-refractivity contribution is -0.129. The normalized spacial score (nSPS) is 19.9. The number of aromatic nitrogens is 2. The van der Waals surface area contributed by atoms with E-state index in [-0.39, 0.29) is 11.9 Å². The maximum atomic E-state index is 13.6. The molecule has 0 radical (unpaired) electrons. The van der Waals surface area contributed by atoms with Gasteiger partial charge in [0.2, 0.25) is 0 Å². The van der Waals surface area contributed by atoms with Gasteiger partial charge in [0.1, 0.15) is 11.9 Å². The van der Waals surface area contributed by atoms with Crippen LogP contribution in [0.1, 0.15) is 31.9 Å². The highest BCUT2D eigenvalue weighted by atomic mass is 35.5. The van der Waals surface area contributed by atoms with Gasteiger partial charge in [-0.1, -0.05) is 36.2 Å². The van der Waals surface area contributed by atoms with E-state index in [9.17, 15) is 4.79 Å². The molecule has 8 heteroatoms. The summed E-state index contributed by atoms with van der Waals surface area (Å²) in [5.41, 5.74) is 2.43. The highest BCUT2D eigenvalue weighted by molar-refractivity contribution is 6.42. The number of nitrogens with one attached hydrogen (secondary N) is 1. The third-order valence-electron chi connectivity index (χ3n) is 5.60. The Kier molecular flexibility index (Phi) is 5.86. The Morgan fingerprint density at radius 3 is 2.62 bits per heavy atom. The third kappa shape index (κ3) is 3.89. The fourth-order valence-electron chi connectivity index (χ4n) is 4.13. The van der Waals surface area contributed by atoms with Crippen LogP contribution in [0.4, 0.5) is 5.82 Å². The van der Waals surface area contributed by atoms with Crippen molar-refractivity contribution in [1.29, 1.82) is 0 Å². The molecule has 0 spiro atoms. The lowest BCUT2D eigenvalue weighted by Crippen LogP contribution is -2.50. The molecule has 0 bridgehead atoms. The number of hydrogen-bond donors (Lipinski definition) is 1. The minimum atomic E-state index is -0.350. The van der Waals surface area contributed by atoms with Gasteiger partial charge in [-0.3, -0.25) is 9.69 Å². The zero-order valence-corrected chi connectivity index (χ0v) is 18.2. The molecule has 1 saturated heterocycles. The molecule has 29 heavy (non-hydrogen) atoms. The predicted octanol–water partition coefficient (Wildman–Crippen LogP) is 4.03. The number of amides is 1. The Hall–Kier alpha value is -2.02. The minimum Gasteiger partial charge on any atom is -0.344 e. The van der Waals surface area contributed by atoms with Crippen molar-refractivity contribution in [2.75, 3.05) is 38.0 Å². The lowest BCUT2D eigenvalue weighted by atomic mass is 9.94. The smallest absolute Gasteiger partial charge is 0.254 e. The summed E-state index contributed by atoms with van der Waals surface area (Å²) in [4.78, 5) is 18.0. The molecule has 1 aromatic heterocycles. The molecular weight excluding hydrogens is 409 g/mol. The first kappa shape index (κ1) is 20.3. The molecule has 1 N–H and O–H groups in total. The Balaban J connectivity index is 1.68. The first-order valence-corrected chi connectivity index (χ1v) is 10.7. The molecule has 1 fully saturated rings. The van der Waals surface area contributed by atoms with E-state index in [0.717, 1.165) is 56.2 Å². The highest BCUT2D eigenvalue weighted by Crippen LogP contribution is 2.38. The number of piperazine rings is 1. The van der Waals surface area contributed by atoms with Crippen LogP contribution in [0.3, 0.4) is 0 Å². The molecule has 4 rings (SSSR count). The Labute approximate surface area is 181 Å². The summed E-state index contributed by atoms with van der Waals surface area (Å²) in [5, 5.41) is 8.77. The van der Waals surface area contributed by atoms with Gasteiger partial charge in [-0.2, -0.15) is 5.10 Å². The molecule has 1 unspecified atom stereocenters. The van der Waals surface area contributed by atoms with Crippen LogP contribution in [-0.4, -0.2) is 58.2 Å². The molecule has 6 nitrogen and oxygen atoms in total. The van der Waals surface area contributed by atoms with Crippen LogP contribution in [0, 0.1) is 0 Å². The Bertz CT molecular complexity index is 946. The van der Waals surface area contributed by atoms with E-state index in [1.165, 1.54) is 0 Å². The largest absolute Gasteiger partial charge is 0.344 e. The van der Waals surface area contributed by atoms with Gasteiger partial charge in [0.15, 0.2) is 0 Å². The molecule has 0 saturated carbocycles. The summed E-state index contributed by atoms with van der Waals surface area (Å²) < 4.78 is 1.84. The average molecular weight is 434 g/mol. The quantitative estimate of drug-likeness (QED) is 0.790. The Morgan fingerprint density at radius 1 is 1.17 bits per heavy atom. The van der Waals surface area contributed by atoms with Crippen molar-refractivity contribution in [1.82, 2.24) is 19.6 Å². The van der Waals surface area contributed by atoms with E-state index in [4.69, 9.17) is 23.2 Å². The summed E-state index contributed by atoms with van der Waals surface area (Å²) in [6.07, 6.45) is 2.86. The van der Waals surface area contributed by atoms with Crippen LogP contribution in [0.15, 0.2) is 41.7 Å². The molecule has 2 aliphatic heterocycles. The number of anilines is 1. The first-order valence-electron chi connectivity index (χ1n) is 9.97. The number of nitrogens with zero attached hydrogens (tertiary/aromatic N) is 4. The van der Waals surface area contributed by atoms with Crippen LogP contribution in [0.2, 0.25) is 10.0 Å². The summed E-state index contributed by atoms with van der Waals surface area (Å²) in [6, 6.07) is 7.06. The van der Waals surface area contributed by atoms with Crippen molar-refractivity contribution >= 4 is 34.9 Å². The molecule has 1 atom stereocenters. The van der Waals surface area contributed by atoms with Crippen molar-refractivity contribution in [2.24, 2.45) is 0 Å². The zero-order chi connectivity index (χ0) is 20.5. The van der Waals surface area contributed by atoms with Crippen molar-refractivity contribution in [3.05, 3.63) is 57.3 Å². The number of halogens is 2. The van der Waals surface area contributed by atoms with Crippen molar-refractivity contribution in [3.8, 4) is 0 Å². The highest BCUT2D eigenvalue weighted by Gasteiger charge is 2.35. The zero-order valence-electron chi connectivity index (χ0n) is 16.7. The van der Waals surface area contributed by atoms with Crippen molar-refractivity contribution < 1.29 is 4.79 Å². The van der Waals surface area contributed by atoms with Crippen LogP contribution in [0.25, 0.3) is 0 Å². The van der Waals surface area contributed by atoms with E-state index in [1.54, 1.807) is 12.3 Å². The van der Waals surface area contributed by atoms with Gasteiger partial charge >= 0.3 is 0 Å². The second-order valence-electron chi connectivity index (χ2n) is 7.53. The summed E-state index contributed by atoms with van der Waals surface area (Å²) >= 11 is 12.4. The fourth-order valence-corrected chi connectivity index (χ4v) is 4.44. The van der Waals surface area contributed by atoms with Gasteiger partial charge in [-0.05, 0) is 37.6 Å². The molecule has 1 amide bonds. The minimum absolute atomic E-state index is 0.0448. The second kappa shape index (κ2) is 8.38. The number of carbonyl (C=O) groups excluding carboxylic acids is 1. The molecule has 2 aromatic rings. The monoisotopic (exact) mass is 433 g/mol. The summed E-state index contributed by atoms with van der Waals surface area (Å²) in [7, 11) is 0. The number of hydrogen-bond acceptors (Lipinski definition) is 4. The van der Waals surface area contributed by atoms with Crippen LogP contribution in [-0.2, 0) is 4.79 Å². The number of rotatable bonds is 4. The van der Waals surface area contributed by atoms with Crippen molar-refractivity contribution in [3.63, 3.8) is 0 Å². The number of carbonyl (C=O) groups is 1. The standard InChI is InChI=1S/C21H25Cl2N5O/c1-3-8-26-9-11-27(12-10-26)21(29)19-14(2)25-18-6-7-24-28(18)20(19)15-4-5-16(22)17(23)13-15/h4-7,13,20,25H,3,8-12H2,1-2H3. The average Bonchev–Trinajstić information content (AvgIpc) is 3.17. The number of fused-ring (bicyclic) bond motifs is 1. The van der Waals surface area contributed by atoms with E-state index in [1.807, 2.05) is 34.7 Å². The molecule has 0 aliphatic carbocycles. The van der Waals surface area contributed by atoms with Crippen LogP contribution in [0.5, 0.6) is 0 Å². The van der Waals surface area contributed by atoms with Gasteiger partial charge < -0.3 is 10.2 Å². The van der Waals surface area contributed by atoms with Gasteiger partial charge in [-0.15, -0.1) is 0 Å². The number of benzene rings is 1. The summed E-state index contributed by atoms with van der Waals surface area (Å²) in [5.74, 6) is 0.895. The molecule has 3 heterocycles. The second-order valence-corrected chi connectivity index (χ2v) is 8.35.